The van der Waals surface area contributed by atoms with Crippen molar-refractivity contribution in [3.05, 3.63) is 29.8 Å². The number of benzene rings is 1. The molecular weight excluding hydrogens is 284 g/mol. The lowest BCUT2D eigenvalue weighted by Gasteiger charge is -2.22. The fraction of sp³-hybridized carbons (Fsp3) is 0.500. The predicted octanol–water partition coefficient (Wildman–Crippen LogP) is 1.57. The molecule has 2 N–H and O–H groups in total. The lowest BCUT2D eigenvalue weighted by molar-refractivity contribution is -0.123. The molecule has 1 saturated heterocycles. The number of ether oxygens (including phenoxy) is 2. The zero-order chi connectivity index (χ0) is 15.8. The molecule has 0 aliphatic carbocycles. The fourth-order valence-corrected chi connectivity index (χ4v) is 2.26. The highest BCUT2D eigenvalue weighted by atomic mass is 16.5. The van der Waals surface area contributed by atoms with Gasteiger partial charge in [0.1, 0.15) is 6.61 Å². The molecule has 1 amide bonds. The van der Waals surface area contributed by atoms with Gasteiger partial charge in [-0.3, -0.25) is 4.79 Å². The molecule has 1 aliphatic rings. The number of carbonyl (C=O) groups is 2. The van der Waals surface area contributed by atoms with Gasteiger partial charge < -0.3 is 20.1 Å². The maximum atomic E-state index is 11.8. The van der Waals surface area contributed by atoms with Crippen LogP contribution in [0.5, 0.6) is 0 Å². The summed E-state index contributed by atoms with van der Waals surface area (Å²) in [6, 6.07) is 6.60. The third-order valence-corrected chi connectivity index (χ3v) is 3.42. The van der Waals surface area contributed by atoms with E-state index in [0.29, 0.717) is 17.9 Å². The SMILES string of the molecule is CCOC(=O)c1ccc(NC(=O)COC2CCNCC2)cc1. The van der Waals surface area contributed by atoms with E-state index in [-0.39, 0.29) is 24.6 Å². The van der Waals surface area contributed by atoms with Crippen molar-refractivity contribution in [1.82, 2.24) is 5.32 Å². The molecule has 0 radical (unpaired) electrons. The first-order valence-electron chi connectivity index (χ1n) is 7.58. The Bertz CT molecular complexity index is 495. The maximum Gasteiger partial charge on any atom is 0.338 e. The van der Waals surface area contributed by atoms with Gasteiger partial charge >= 0.3 is 5.97 Å². The Labute approximate surface area is 130 Å². The fourth-order valence-electron chi connectivity index (χ4n) is 2.26. The van der Waals surface area contributed by atoms with Crippen molar-refractivity contribution in [3.63, 3.8) is 0 Å². The number of piperidine rings is 1. The van der Waals surface area contributed by atoms with Gasteiger partial charge in [-0.15, -0.1) is 0 Å². The second kappa shape index (κ2) is 8.51. The molecular formula is C16H22N2O4. The maximum absolute atomic E-state index is 11.8. The van der Waals surface area contributed by atoms with E-state index in [1.54, 1.807) is 31.2 Å². The lowest BCUT2D eigenvalue weighted by atomic mass is 10.1. The van der Waals surface area contributed by atoms with Crippen molar-refractivity contribution in [2.24, 2.45) is 0 Å². The Morgan fingerprint density at radius 3 is 2.55 bits per heavy atom. The zero-order valence-electron chi connectivity index (χ0n) is 12.8. The summed E-state index contributed by atoms with van der Waals surface area (Å²) in [6.07, 6.45) is 2.02. The highest BCUT2D eigenvalue weighted by Crippen LogP contribution is 2.11. The Balaban J connectivity index is 1.77. The molecule has 120 valence electrons. The molecule has 6 nitrogen and oxygen atoms in total. The minimum absolute atomic E-state index is 0.0459. The number of hydrogen-bond donors (Lipinski definition) is 2. The van der Waals surface area contributed by atoms with Gasteiger partial charge in [0.2, 0.25) is 5.91 Å². The van der Waals surface area contributed by atoms with Gasteiger partial charge in [0.25, 0.3) is 0 Å². The third-order valence-electron chi connectivity index (χ3n) is 3.42. The van der Waals surface area contributed by atoms with E-state index in [1.807, 2.05) is 0 Å². The predicted molar refractivity (Wildman–Crippen MR) is 82.9 cm³/mol. The highest BCUT2D eigenvalue weighted by molar-refractivity contribution is 5.93. The van der Waals surface area contributed by atoms with Crippen LogP contribution in [0.4, 0.5) is 5.69 Å². The molecule has 0 aromatic heterocycles. The summed E-state index contributed by atoms with van der Waals surface area (Å²) in [5, 5.41) is 6.00. The zero-order valence-corrected chi connectivity index (χ0v) is 12.8. The number of nitrogens with one attached hydrogen (secondary N) is 2. The molecule has 0 spiro atoms. The molecule has 0 saturated carbocycles. The Hall–Kier alpha value is -1.92. The summed E-state index contributed by atoms with van der Waals surface area (Å²) in [7, 11) is 0. The van der Waals surface area contributed by atoms with Crippen molar-refractivity contribution < 1.29 is 19.1 Å². The molecule has 6 heteroatoms. The standard InChI is InChI=1S/C16H22N2O4/c1-2-21-16(20)12-3-5-13(6-4-12)18-15(19)11-22-14-7-9-17-10-8-14/h3-6,14,17H,2,7-11H2,1H3,(H,18,19). The molecule has 0 atom stereocenters. The van der Waals surface area contributed by atoms with E-state index in [1.165, 1.54) is 0 Å². The van der Waals surface area contributed by atoms with Gasteiger partial charge in [0.15, 0.2) is 0 Å². The van der Waals surface area contributed by atoms with Gasteiger partial charge in [-0.1, -0.05) is 0 Å². The summed E-state index contributed by atoms with van der Waals surface area (Å²) in [4.78, 5) is 23.4. The quantitative estimate of drug-likeness (QED) is 0.780. The van der Waals surface area contributed by atoms with Crippen LogP contribution in [-0.4, -0.2) is 44.3 Å². The minimum atomic E-state index is -0.366. The summed E-state index contributed by atoms with van der Waals surface area (Å²) < 4.78 is 10.5. The van der Waals surface area contributed by atoms with Crippen molar-refractivity contribution in [2.45, 2.75) is 25.9 Å². The van der Waals surface area contributed by atoms with Gasteiger partial charge in [-0.25, -0.2) is 4.79 Å². The number of amides is 1. The molecule has 1 aromatic rings. The molecule has 1 aliphatic heterocycles. The van der Waals surface area contributed by atoms with Crippen LogP contribution in [0.2, 0.25) is 0 Å². The number of esters is 1. The van der Waals surface area contributed by atoms with Crippen LogP contribution in [0.15, 0.2) is 24.3 Å². The average molecular weight is 306 g/mol. The monoisotopic (exact) mass is 306 g/mol. The van der Waals surface area contributed by atoms with Crippen molar-refractivity contribution >= 4 is 17.6 Å². The molecule has 1 fully saturated rings. The minimum Gasteiger partial charge on any atom is -0.462 e. The van der Waals surface area contributed by atoms with Crippen molar-refractivity contribution in [1.29, 1.82) is 0 Å². The average Bonchev–Trinajstić information content (AvgIpc) is 2.55. The third kappa shape index (κ3) is 5.13. The van der Waals surface area contributed by atoms with E-state index >= 15 is 0 Å². The van der Waals surface area contributed by atoms with Crippen molar-refractivity contribution in [2.75, 3.05) is 31.6 Å². The Morgan fingerprint density at radius 1 is 1.23 bits per heavy atom. The number of carbonyl (C=O) groups excluding carboxylic acids is 2. The van der Waals surface area contributed by atoms with Crippen LogP contribution in [0.25, 0.3) is 0 Å². The first-order valence-corrected chi connectivity index (χ1v) is 7.58. The van der Waals surface area contributed by atoms with Crippen LogP contribution in [0.1, 0.15) is 30.1 Å². The van der Waals surface area contributed by atoms with Gasteiger partial charge in [-0.2, -0.15) is 0 Å². The van der Waals surface area contributed by atoms with E-state index in [9.17, 15) is 9.59 Å². The van der Waals surface area contributed by atoms with Crippen LogP contribution in [0, 0.1) is 0 Å². The highest BCUT2D eigenvalue weighted by Gasteiger charge is 2.15. The van der Waals surface area contributed by atoms with Crippen LogP contribution in [-0.2, 0) is 14.3 Å². The summed E-state index contributed by atoms with van der Waals surface area (Å²) in [6.45, 7) is 4.01. The van der Waals surface area contributed by atoms with E-state index in [0.717, 1.165) is 25.9 Å². The summed E-state index contributed by atoms with van der Waals surface area (Å²) >= 11 is 0. The molecule has 22 heavy (non-hydrogen) atoms. The lowest BCUT2D eigenvalue weighted by Crippen LogP contribution is -2.34. The molecule has 0 unspecified atom stereocenters. The molecule has 2 rings (SSSR count). The van der Waals surface area contributed by atoms with Gasteiger partial charge in [0.05, 0.1) is 18.3 Å². The van der Waals surface area contributed by atoms with E-state index in [2.05, 4.69) is 10.6 Å². The molecule has 1 aromatic carbocycles. The normalized spacial score (nSPS) is 15.3. The first kappa shape index (κ1) is 16.5. The van der Waals surface area contributed by atoms with Crippen LogP contribution in [0.3, 0.4) is 0 Å². The van der Waals surface area contributed by atoms with Crippen LogP contribution >= 0.6 is 0 Å². The Kier molecular flexibility index (Phi) is 6.36. The smallest absolute Gasteiger partial charge is 0.338 e. The van der Waals surface area contributed by atoms with Gasteiger partial charge in [0, 0.05) is 5.69 Å². The second-order valence-corrected chi connectivity index (χ2v) is 5.11. The largest absolute Gasteiger partial charge is 0.462 e. The topological polar surface area (TPSA) is 76.7 Å². The second-order valence-electron chi connectivity index (χ2n) is 5.11. The molecule has 1 heterocycles. The molecule has 0 bridgehead atoms. The Morgan fingerprint density at radius 2 is 1.91 bits per heavy atom. The van der Waals surface area contributed by atoms with Crippen LogP contribution < -0.4 is 10.6 Å². The van der Waals surface area contributed by atoms with E-state index < -0.39 is 0 Å². The summed E-state index contributed by atoms with van der Waals surface area (Å²) in [5.74, 6) is -0.558. The van der Waals surface area contributed by atoms with Gasteiger partial charge in [-0.05, 0) is 57.1 Å². The summed E-state index contributed by atoms with van der Waals surface area (Å²) in [5.41, 5.74) is 1.10. The first-order chi connectivity index (χ1) is 10.7. The van der Waals surface area contributed by atoms with Crippen molar-refractivity contribution in [3.8, 4) is 0 Å². The van der Waals surface area contributed by atoms with E-state index in [4.69, 9.17) is 9.47 Å². The number of rotatable bonds is 6. The number of anilines is 1. The number of hydrogen-bond acceptors (Lipinski definition) is 5.